The van der Waals surface area contributed by atoms with Crippen LogP contribution in [-0.2, 0) is 0 Å². The third-order valence-corrected chi connectivity index (χ3v) is 7.51. The van der Waals surface area contributed by atoms with Crippen LogP contribution in [0.3, 0.4) is 0 Å². The lowest BCUT2D eigenvalue weighted by Crippen LogP contribution is -2.80. The van der Waals surface area contributed by atoms with E-state index in [9.17, 15) is 149 Å². The zero-order chi connectivity index (χ0) is 45.7. The minimum atomic E-state index is -11.3. The molecular formula is C19F36. The molecule has 1 aliphatic carbocycles. The van der Waals surface area contributed by atoms with Gasteiger partial charge in [0.05, 0.1) is 0 Å². The van der Waals surface area contributed by atoms with Crippen molar-refractivity contribution in [3.8, 4) is 0 Å². The zero-order valence-corrected chi connectivity index (χ0v) is 23.1. The summed E-state index contributed by atoms with van der Waals surface area (Å²) in [5, 5.41) is 0. The molecule has 55 heavy (non-hydrogen) atoms. The van der Waals surface area contributed by atoms with Gasteiger partial charge in [0.25, 0.3) is 0 Å². The van der Waals surface area contributed by atoms with Crippen LogP contribution in [0.2, 0.25) is 0 Å². The monoisotopic (exact) mass is 912 g/mol. The van der Waals surface area contributed by atoms with Crippen molar-refractivity contribution in [3.05, 3.63) is 11.1 Å². The number of hydrogen-bond acceptors (Lipinski definition) is 0. The normalized spacial score (nSPS) is 22.5. The molecule has 0 radical (unpaired) electrons. The molecule has 0 amide bonds. The molecule has 0 heterocycles. The van der Waals surface area contributed by atoms with Gasteiger partial charge in [-0.25, -0.2) is 8.78 Å². The van der Waals surface area contributed by atoms with E-state index in [0.717, 1.165) is 0 Å². The van der Waals surface area contributed by atoms with Crippen LogP contribution < -0.4 is 0 Å². The van der Waals surface area contributed by atoms with Crippen molar-refractivity contribution in [2.45, 2.75) is 90.4 Å². The lowest BCUT2D eigenvalue weighted by atomic mass is 9.56. The van der Waals surface area contributed by atoms with Crippen molar-refractivity contribution in [3.63, 3.8) is 0 Å². The van der Waals surface area contributed by atoms with E-state index >= 15 is 8.78 Å². The fraction of sp³-hybridized carbons (Fsp3) is 0.895. The van der Waals surface area contributed by atoms with Crippen molar-refractivity contribution in [2.75, 3.05) is 0 Å². The second-order valence-electron chi connectivity index (χ2n) is 10.4. The summed E-state index contributed by atoms with van der Waals surface area (Å²) in [6, 6.07) is 0. The van der Waals surface area contributed by atoms with Gasteiger partial charge in [0, 0.05) is 11.1 Å². The second-order valence-corrected chi connectivity index (χ2v) is 10.4. The Labute approximate surface area is 272 Å². The van der Waals surface area contributed by atoms with Crippen LogP contribution in [0.5, 0.6) is 0 Å². The Morgan fingerprint density at radius 3 is 0.509 bits per heavy atom. The highest BCUT2D eigenvalue weighted by atomic mass is 19.5. The van der Waals surface area contributed by atoms with Crippen molar-refractivity contribution >= 4 is 0 Å². The predicted octanol–water partition coefficient (Wildman–Crippen LogP) is 12.4. The van der Waals surface area contributed by atoms with Gasteiger partial charge in [-0.1, -0.05) is 0 Å². The van der Waals surface area contributed by atoms with Gasteiger partial charge < -0.3 is 0 Å². The van der Waals surface area contributed by atoms with E-state index in [1.807, 2.05) is 0 Å². The first-order valence-electron chi connectivity index (χ1n) is 11.6. The molecule has 0 saturated heterocycles. The summed E-state index contributed by atoms with van der Waals surface area (Å²) >= 11 is 0. The van der Waals surface area contributed by atoms with E-state index in [1.165, 1.54) is 0 Å². The molecule has 0 N–H and O–H groups in total. The Kier molecular flexibility index (Phi) is 10.7. The molecule has 0 aliphatic heterocycles. The van der Waals surface area contributed by atoms with Gasteiger partial charge in [-0.05, 0) is 0 Å². The maximum atomic E-state index is 15.4. The summed E-state index contributed by atoms with van der Waals surface area (Å²) < 4.78 is 506. The third-order valence-electron chi connectivity index (χ3n) is 7.51. The fourth-order valence-electron chi connectivity index (χ4n) is 5.33. The smallest absolute Gasteiger partial charge is 0.225 e. The maximum Gasteiger partial charge on any atom is 0.457 e. The molecule has 328 valence electrons. The van der Waals surface area contributed by atoms with Crippen molar-refractivity contribution in [2.24, 2.45) is 10.8 Å². The Morgan fingerprint density at radius 2 is 0.400 bits per heavy atom. The summed E-state index contributed by atoms with van der Waals surface area (Å²) in [6.07, 6.45) is -81.4. The van der Waals surface area contributed by atoms with Crippen molar-refractivity contribution < 1.29 is 158 Å². The number of allylic oxidation sites excluding steroid dienone is 2. The van der Waals surface area contributed by atoms with Crippen LogP contribution >= 0.6 is 0 Å². The highest BCUT2D eigenvalue weighted by Gasteiger charge is 3.07. The molecule has 0 fully saturated rings. The van der Waals surface area contributed by atoms with Crippen LogP contribution in [0.1, 0.15) is 0 Å². The average Bonchev–Trinajstić information content (AvgIpc) is 2.92. The molecule has 2 unspecified atom stereocenters. The fourth-order valence-corrected chi connectivity index (χ4v) is 5.33. The Balaban J connectivity index is 6.03. The molecule has 0 spiro atoms. The number of halogens is 36. The lowest BCUT2D eigenvalue weighted by molar-refractivity contribution is -0.475. The molecule has 0 nitrogen and oxygen atoms in total. The van der Waals surface area contributed by atoms with E-state index < -0.39 is 112 Å². The Hall–Kier alpha value is -2.78. The molecule has 0 aromatic rings. The van der Waals surface area contributed by atoms with E-state index in [2.05, 4.69) is 0 Å². The first-order valence-corrected chi connectivity index (χ1v) is 11.6. The number of rotatable bonds is 6. The number of alkyl halides is 36. The summed E-state index contributed by atoms with van der Waals surface area (Å²) in [7, 11) is 0. The summed E-state index contributed by atoms with van der Waals surface area (Å²) in [4.78, 5) is 0. The number of hydrogen-bond donors (Lipinski definition) is 0. The lowest BCUT2D eigenvalue weighted by Gasteiger charge is -2.54. The zero-order valence-electron chi connectivity index (χ0n) is 23.1. The second kappa shape index (κ2) is 11.7. The van der Waals surface area contributed by atoms with Gasteiger partial charge in [-0.2, -0.15) is 149 Å². The topological polar surface area (TPSA) is 0 Å². The highest BCUT2D eigenvalue weighted by Crippen LogP contribution is 2.83. The molecule has 36 heteroatoms. The van der Waals surface area contributed by atoms with Gasteiger partial charge >= 0.3 is 90.4 Å². The minimum absolute atomic E-state index is 8.25. The molecule has 1 aliphatic rings. The molecule has 1 rings (SSSR count). The molecule has 2 atom stereocenters. The Morgan fingerprint density at radius 1 is 0.236 bits per heavy atom. The van der Waals surface area contributed by atoms with Crippen molar-refractivity contribution in [1.29, 1.82) is 0 Å². The SMILES string of the molecule is FC(F)(F)C(F)(F)C(F)(C(F)(F)F)C(C1=C(C(C(F)(F)F)(C(F)(F)F)C(F)(C(F)(F)F)C(F)(F)C(F)(F)F)C(F)(F)C(F)(F)C1(F)F)(C(F)(F)F)C(F)(F)F. The van der Waals surface area contributed by atoms with Crippen LogP contribution in [0, 0.1) is 10.8 Å². The quantitative estimate of drug-likeness (QED) is 0.184. The molecular weight excluding hydrogens is 912 g/mol. The van der Waals surface area contributed by atoms with Gasteiger partial charge in [-0.3, -0.25) is 0 Å². The van der Waals surface area contributed by atoms with Gasteiger partial charge in [0.1, 0.15) is 0 Å². The largest absolute Gasteiger partial charge is 0.457 e. The van der Waals surface area contributed by atoms with Gasteiger partial charge in [0.2, 0.25) is 10.8 Å². The third kappa shape index (κ3) is 5.43. The maximum absolute atomic E-state index is 15.4. The average molecular weight is 912 g/mol. The van der Waals surface area contributed by atoms with Crippen LogP contribution in [0.25, 0.3) is 0 Å². The summed E-state index contributed by atoms with van der Waals surface area (Å²) in [5.74, 6) is -50.9. The highest BCUT2D eigenvalue weighted by molar-refractivity contribution is 5.56. The summed E-state index contributed by atoms with van der Waals surface area (Å²) in [6.45, 7) is 0. The van der Waals surface area contributed by atoms with E-state index in [4.69, 9.17) is 0 Å². The summed E-state index contributed by atoms with van der Waals surface area (Å²) in [5.41, 5.74) is -61.3. The first kappa shape index (κ1) is 50.2. The molecule has 0 aromatic carbocycles. The van der Waals surface area contributed by atoms with Crippen molar-refractivity contribution in [1.82, 2.24) is 0 Å². The van der Waals surface area contributed by atoms with Crippen LogP contribution in [0.15, 0.2) is 11.1 Å². The first-order chi connectivity index (χ1) is 23.0. The minimum Gasteiger partial charge on any atom is -0.225 e. The van der Waals surface area contributed by atoms with E-state index in [1.54, 1.807) is 0 Å². The Bertz CT molecular complexity index is 1350. The standard InChI is InChI=1S/C19F36/c20-5(21)1(3(12(32,33)34,13(35,36)37)7(24,16(44,45)46)10(28,29)18(50,51)52)2(6(22,23)9(5,26)27)4(14(38,39)40,15(41,42)43)8(25,17(47,48)49)11(30,31)19(53,54)55. The van der Waals surface area contributed by atoms with Gasteiger partial charge in [0.15, 0.2) is 0 Å². The molecule has 0 bridgehead atoms. The predicted molar refractivity (Wildman–Crippen MR) is 92.7 cm³/mol. The van der Waals surface area contributed by atoms with Crippen LogP contribution in [-0.4, -0.2) is 90.4 Å². The van der Waals surface area contributed by atoms with E-state index in [0.29, 0.717) is 0 Å². The van der Waals surface area contributed by atoms with Gasteiger partial charge in [-0.15, -0.1) is 0 Å². The molecule has 0 saturated carbocycles. The van der Waals surface area contributed by atoms with Crippen LogP contribution in [0.4, 0.5) is 158 Å². The molecule has 0 aromatic heterocycles. The van der Waals surface area contributed by atoms with E-state index in [-0.39, 0.29) is 0 Å².